The van der Waals surface area contributed by atoms with Crippen LogP contribution in [0.5, 0.6) is 0 Å². The van der Waals surface area contributed by atoms with Gasteiger partial charge in [0.05, 0.1) is 5.69 Å². The second kappa shape index (κ2) is 9.26. The Labute approximate surface area is 145 Å². The Balaban J connectivity index is 0.000000487. The summed E-state index contributed by atoms with van der Waals surface area (Å²) in [6.07, 6.45) is 11.5. The van der Waals surface area contributed by atoms with Crippen molar-refractivity contribution in [1.82, 2.24) is 10.3 Å². The van der Waals surface area contributed by atoms with Crippen molar-refractivity contribution in [3.05, 3.63) is 35.9 Å². The molecule has 4 heteroatoms. The van der Waals surface area contributed by atoms with Gasteiger partial charge in [0.25, 0.3) is 0 Å². The number of allylic oxidation sites excluding steroid dienone is 4. The fourth-order valence-corrected chi connectivity index (χ4v) is 3.07. The Morgan fingerprint density at radius 3 is 2.38 bits per heavy atom. The number of rotatable bonds is 2. The molecule has 0 spiro atoms. The quantitative estimate of drug-likeness (QED) is 0.719. The van der Waals surface area contributed by atoms with Gasteiger partial charge < -0.3 is 4.90 Å². The number of nitrogens with zero attached hydrogens (tertiary/aromatic N) is 3. The molecular weight excluding hydrogens is 298 g/mol. The molecule has 24 heavy (non-hydrogen) atoms. The summed E-state index contributed by atoms with van der Waals surface area (Å²) in [5.74, 6) is 0. The number of anilines is 1. The van der Waals surface area contributed by atoms with Crippen molar-refractivity contribution >= 4 is 22.3 Å². The lowest BCUT2D eigenvalue weighted by atomic mass is 9.98. The number of fused-ring (bicyclic) bond motifs is 1. The molecule has 1 aliphatic carbocycles. The predicted octanol–water partition coefficient (Wildman–Crippen LogP) is 5.61. The highest BCUT2D eigenvalue weighted by atomic mass is 16.6. The molecule has 1 saturated heterocycles. The largest absolute Gasteiger partial charge is 0.370 e. The highest BCUT2D eigenvalue weighted by Crippen LogP contribution is 2.32. The Morgan fingerprint density at radius 2 is 1.71 bits per heavy atom. The number of benzene rings is 1. The van der Waals surface area contributed by atoms with E-state index in [0.717, 1.165) is 42.7 Å². The van der Waals surface area contributed by atoms with E-state index >= 15 is 0 Å². The van der Waals surface area contributed by atoms with E-state index in [1.807, 2.05) is 27.7 Å². The maximum atomic E-state index is 4.94. The molecule has 0 atom stereocenters. The van der Waals surface area contributed by atoms with E-state index in [2.05, 4.69) is 45.6 Å². The van der Waals surface area contributed by atoms with E-state index in [0.29, 0.717) is 0 Å². The topological polar surface area (TPSA) is 42.2 Å². The van der Waals surface area contributed by atoms with Crippen LogP contribution in [0.15, 0.2) is 35.0 Å². The van der Waals surface area contributed by atoms with Gasteiger partial charge in [-0.15, -0.1) is 0 Å². The SMILES string of the molecule is C1=CC(c2cc(N3CCCC3)c3nonc3c2)=CCC1.CC.CC. The molecule has 1 aromatic carbocycles. The van der Waals surface area contributed by atoms with Gasteiger partial charge in [0.1, 0.15) is 5.52 Å². The highest BCUT2D eigenvalue weighted by molar-refractivity contribution is 5.93. The van der Waals surface area contributed by atoms with Gasteiger partial charge in [-0.05, 0) is 59.3 Å². The molecule has 0 radical (unpaired) electrons. The van der Waals surface area contributed by atoms with Gasteiger partial charge in [-0.25, -0.2) is 4.63 Å². The molecule has 4 rings (SSSR count). The fourth-order valence-electron chi connectivity index (χ4n) is 3.07. The second-order valence-corrected chi connectivity index (χ2v) is 5.46. The maximum absolute atomic E-state index is 4.94. The zero-order chi connectivity index (χ0) is 17.4. The first-order valence-electron chi connectivity index (χ1n) is 9.30. The Hall–Kier alpha value is -2.10. The molecule has 0 bridgehead atoms. The summed E-state index contributed by atoms with van der Waals surface area (Å²) in [6.45, 7) is 10.2. The van der Waals surface area contributed by atoms with Gasteiger partial charge in [0.15, 0.2) is 5.52 Å². The third kappa shape index (κ3) is 3.86. The van der Waals surface area contributed by atoms with E-state index in [-0.39, 0.29) is 0 Å². The minimum atomic E-state index is 0.851. The zero-order valence-corrected chi connectivity index (χ0v) is 15.4. The van der Waals surface area contributed by atoms with Crippen LogP contribution in [0.25, 0.3) is 16.6 Å². The standard InChI is InChI=1S/C16H17N3O.2C2H6/c1-2-6-12(7-3-1)13-10-14-16(18-20-17-14)15(11-13)19-8-4-5-9-19;2*1-2/h2,6-7,10-11H,1,3-5,8-9H2;2*1-2H3. The summed E-state index contributed by atoms with van der Waals surface area (Å²) >= 11 is 0. The summed E-state index contributed by atoms with van der Waals surface area (Å²) in [6, 6.07) is 4.31. The van der Waals surface area contributed by atoms with Crippen LogP contribution in [0.2, 0.25) is 0 Å². The Kier molecular flexibility index (Phi) is 7.04. The Morgan fingerprint density at radius 1 is 0.958 bits per heavy atom. The molecule has 2 aromatic rings. The lowest BCUT2D eigenvalue weighted by Gasteiger charge is -2.19. The number of aromatic nitrogens is 2. The van der Waals surface area contributed by atoms with E-state index in [4.69, 9.17) is 4.63 Å². The molecule has 0 saturated carbocycles. The first kappa shape index (κ1) is 18.2. The minimum Gasteiger partial charge on any atom is -0.370 e. The third-order valence-electron chi connectivity index (χ3n) is 4.12. The van der Waals surface area contributed by atoms with Crippen molar-refractivity contribution in [2.24, 2.45) is 0 Å². The van der Waals surface area contributed by atoms with Crippen molar-refractivity contribution in [1.29, 1.82) is 0 Å². The first-order valence-corrected chi connectivity index (χ1v) is 9.30. The molecule has 130 valence electrons. The number of hydrogen-bond donors (Lipinski definition) is 0. The van der Waals surface area contributed by atoms with Crippen molar-refractivity contribution in [3.8, 4) is 0 Å². The minimum absolute atomic E-state index is 0.851. The molecule has 2 aliphatic rings. The molecule has 0 unspecified atom stereocenters. The molecule has 1 fully saturated rings. The van der Waals surface area contributed by atoms with Crippen LogP contribution >= 0.6 is 0 Å². The normalized spacial score (nSPS) is 16.2. The molecule has 2 heterocycles. The van der Waals surface area contributed by atoms with Crippen molar-refractivity contribution in [2.75, 3.05) is 18.0 Å². The molecular formula is C20H29N3O. The average molecular weight is 327 g/mol. The van der Waals surface area contributed by atoms with Crippen molar-refractivity contribution in [2.45, 2.75) is 53.4 Å². The summed E-state index contributed by atoms with van der Waals surface area (Å²) in [4.78, 5) is 2.39. The molecule has 1 aliphatic heterocycles. The summed E-state index contributed by atoms with van der Waals surface area (Å²) in [5.41, 5.74) is 5.39. The average Bonchev–Trinajstić information content (AvgIpc) is 3.37. The second-order valence-electron chi connectivity index (χ2n) is 5.46. The monoisotopic (exact) mass is 327 g/mol. The van der Waals surface area contributed by atoms with Gasteiger partial charge in [0, 0.05) is 13.1 Å². The van der Waals surface area contributed by atoms with Gasteiger partial charge in [-0.2, -0.15) is 0 Å². The summed E-state index contributed by atoms with van der Waals surface area (Å²) < 4.78 is 4.94. The van der Waals surface area contributed by atoms with Gasteiger partial charge in [-0.1, -0.05) is 45.9 Å². The van der Waals surface area contributed by atoms with Gasteiger partial charge >= 0.3 is 0 Å². The summed E-state index contributed by atoms with van der Waals surface area (Å²) in [7, 11) is 0. The van der Waals surface area contributed by atoms with Crippen LogP contribution in [0.1, 0.15) is 58.9 Å². The van der Waals surface area contributed by atoms with Gasteiger partial charge in [-0.3, -0.25) is 0 Å². The van der Waals surface area contributed by atoms with Crippen LogP contribution in [0.4, 0.5) is 5.69 Å². The van der Waals surface area contributed by atoms with Crippen molar-refractivity contribution < 1.29 is 4.63 Å². The third-order valence-corrected chi connectivity index (χ3v) is 4.12. The van der Waals surface area contributed by atoms with Crippen LogP contribution in [0, 0.1) is 0 Å². The lowest BCUT2D eigenvalue weighted by Crippen LogP contribution is -2.18. The molecule has 1 aromatic heterocycles. The van der Waals surface area contributed by atoms with E-state index in [9.17, 15) is 0 Å². The first-order chi connectivity index (χ1) is 11.9. The Bertz CT molecular complexity index is 694. The fraction of sp³-hybridized carbons (Fsp3) is 0.500. The van der Waals surface area contributed by atoms with E-state index in [1.165, 1.54) is 24.0 Å². The van der Waals surface area contributed by atoms with Gasteiger partial charge in [0.2, 0.25) is 0 Å². The van der Waals surface area contributed by atoms with Crippen LogP contribution in [0.3, 0.4) is 0 Å². The number of hydrogen-bond acceptors (Lipinski definition) is 4. The van der Waals surface area contributed by atoms with Crippen molar-refractivity contribution in [3.63, 3.8) is 0 Å². The van der Waals surface area contributed by atoms with Crippen LogP contribution in [-0.2, 0) is 0 Å². The molecule has 4 nitrogen and oxygen atoms in total. The van der Waals surface area contributed by atoms with E-state index < -0.39 is 0 Å². The van der Waals surface area contributed by atoms with Crippen LogP contribution in [-0.4, -0.2) is 23.4 Å². The smallest absolute Gasteiger partial charge is 0.158 e. The molecule has 0 N–H and O–H groups in total. The maximum Gasteiger partial charge on any atom is 0.158 e. The zero-order valence-electron chi connectivity index (χ0n) is 15.4. The molecule has 0 amide bonds. The predicted molar refractivity (Wildman–Crippen MR) is 102 cm³/mol. The summed E-state index contributed by atoms with van der Waals surface area (Å²) in [5, 5.41) is 8.13. The van der Waals surface area contributed by atoms with Crippen LogP contribution < -0.4 is 4.90 Å². The lowest BCUT2D eigenvalue weighted by molar-refractivity contribution is 0.315. The van der Waals surface area contributed by atoms with E-state index in [1.54, 1.807) is 0 Å². The highest BCUT2D eigenvalue weighted by Gasteiger charge is 2.19.